The molecule has 0 radical (unpaired) electrons. The number of halogens is 1. The van der Waals surface area contributed by atoms with Gasteiger partial charge in [-0.25, -0.2) is 0 Å². The summed E-state index contributed by atoms with van der Waals surface area (Å²) in [5.74, 6) is -0.307. The first-order valence-electron chi connectivity index (χ1n) is 5.50. The minimum atomic E-state index is -0.307. The maximum absolute atomic E-state index is 11.5. The van der Waals surface area contributed by atoms with Crippen LogP contribution in [0.3, 0.4) is 0 Å². The molecule has 0 aliphatic rings. The molecule has 1 rings (SSSR count). The molecule has 0 atom stereocenters. The highest BCUT2D eigenvalue weighted by molar-refractivity contribution is 9.10. The van der Waals surface area contributed by atoms with Gasteiger partial charge < -0.3 is 4.74 Å². The smallest absolute Gasteiger partial charge is 0.310 e. The molecule has 0 N–H and O–H groups in total. The van der Waals surface area contributed by atoms with Gasteiger partial charge in [-0.1, -0.05) is 28.9 Å². The fourth-order valence-electron chi connectivity index (χ4n) is 1.63. The van der Waals surface area contributed by atoms with Crippen molar-refractivity contribution in [3.05, 3.63) is 33.3 Å². The molecule has 4 heteroatoms. The number of carbonyl (C=O) groups excluding carboxylic acids is 1. The molecule has 0 saturated heterocycles. The van der Waals surface area contributed by atoms with E-state index in [1.165, 1.54) is 0 Å². The fourth-order valence-corrected chi connectivity index (χ4v) is 2.10. The molecular weight excluding hydrogens is 282 g/mol. The van der Waals surface area contributed by atoms with Crippen LogP contribution in [0.4, 0.5) is 0 Å². The van der Waals surface area contributed by atoms with Crippen LogP contribution in [-0.4, -0.2) is 12.6 Å². The van der Waals surface area contributed by atoms with E-state index >= 15 is 0 Å². The number of hydrogen-bond donors (Lipinski definition) is 0. The van der Waals surface area contributed by atoms with Gasteiger partial charge >= 0.3 is 5.97 Å². The monoisotopic (exact) mass is 295 g/mol. The van der Waals surface area contributed by atoms with Crippen LogP contribution >= 0.6 is 15.9 Å². The highest BCUT2D eigenvalue weighted by Gasteiger charge is 2.15. The second kappa shape index (κ2) is 6.41. The van der Waals surface area contributed by atoms with Crippen molar-refractivity contribution in [1.82, 2.24) is 0 Å². The van der Waals surface area contributed by atoms with Gasteiger partial charge in [0.15, 0.2) is 0 Å². The van der Waals surface area contributed by atoms with Gasteiger partial charge in [-0.15, -0.1) is 0 Å². The number of aryl methyl sites for hydroxylation is 1. The zero-order valence-corrected chi connectivity index (χ0v) is 11.5. The summed E-state index contributed by atoms with van der Waals surface area (Å²) in [6, 6.07) is 5.93. The molecule has 90 valence electrons. The largest absolute Gasteiger partial charge is 0.466 e. The molecule has 0 amide bonds. The SMILES string of the molecule is CCOC(=O)Cc1c(Br)ccc(CC)c1C#N. The maximum atomic E-state index is 11.5. The first-order valence-corrected chi connectivity index (χ1v) is 6.29. The zero-order chi connectivity index (χ0) is 12.8. The number of hydrogen-bond acceptors (Lipinski definition) is 3. The van der Waals surface area contributed by atoms with Crippen molar-refractivity contribution in [3.63, 3.8) is 0 Å². The molecule has 1 aromatic carbocycles. The number of benzene rings is 1. The maximum Gasteiger partial charge on any atom is 0.310 e. The zero-order valence-electron chi connectivity index (χ0n) is 9.92. The summed E-state index contributed by atoms with van der Waals surface area (Å²) >= 11 is 3.37. The Hall–Kier alpha value is -1.34. The Morgan fingerprint density at radius 1 is 1.47 bits per heavy atom. The van der Waals surface area contributed by atoms with Gasteiger partial charge in [-0.2, -0.15) is 5.26 Å². The quantitative estimate of drug-likeness (QED) is 0.803. The van der Waals surface area contributed by atoms with Crippen LogP contribution in [0.25, 0.3) is 0 Å². The van der Waals surface area contributed by atoms with Crippen molar-refractivity contribution >= 4 is 21.9 Å². The minimum Gasteiger partial charge on any atom is -0.466 e. The Labute approximate surface area is 110 Å². The lowest BCUT2D eigenvalue weighted by Gasteiger charge is -2.10. The molecule has 0 spiro atoms. The predicted molar refractivity (Wildman–Crippen MR) is 68.6 cm³/mol. The van der Waals surface area contributed by atoms with E-state index in [9.17, 15) is 10.1 Å². The standard InChI is InChI=1S/C13H14BrNO2/c1-3-9-5-6-12(14)10(11(9)8-15)7-13(16)17-4-2/h5-6H,3-4,7H2,1-2H3. The van der Waals surface area contributed by atoms with Gasteiger partial charge in [0.1, 0.15) is 0 Å². The van der Waals surface area contributed by atoms with Gasteiger partial charge in [-0.3, -0.25) is 4.79 Å². The van der Waals surface area contributed by atoms with E-state index in [2.05, 4.69) is 22.0 Å². The third-order valence-corrected chi connectivity index (χ3v) is 3.20. The molecule has 0 aliphatic heterocycles. The molecule has 3 nitrogen and oxygen atoms in total. The molecule has 0 fully saturated rings. The van der Waals surface area contributed by atoms with Crippen LogP contribution < -0.4 is 0 Å². The van der Waals surface area contributed by atoms with Crippen molar-refractivity contribution in [3.8, 4) is 6.07 Å². The van der Waals surface area contributed by atoms with Crippen LogP contribution in [0.15, 0.2) is 16.6 Å². The van der Waals surface area contributed by atoms with Gasteiger partial charge in [0, 0.05) is 4.47 Å². The summed E-state index contributed by atoms with van der Waals surface area (Å²) in [7, 11) is 0. The first-order chi connectivity index (χ1) is 8.13. The summed E-state index contributed by atoms with van der Waals surface area (Å²) in [5, 5.41) is 9.17. The summed E-state index contributed by atoms with van der Waals surface area (Å²) in [4.78, 5) is 11.5. The van der Waals surface area contributed by atoms with Gasteiger partial charge in [-0.05, 0) is 30.5 Å². The summed E-state index contributed by atoms with van der Waals surface area (Å²) in [5.41, 5.74) is 2.25. The minimum absolute atomic E-state index is 0.130. The van der Waals surface area contributed by atoms with E-state index in [0.29, 0.717) is 17.7 Å². The average Bonchev–Trinajstić information content (AvgIpc) is 2.31. The van der Waals surface area contributed by atoms with Crippen molar-refractivity contribution in [1.29, 1.82) is 5.26 Å². The lowest BCUT2D eigenvalue weighted by atomic mass is 9.98. The Bertz CT molecular complexity index is 463. The van der Waals surface area contributed by atoms with Crippen LogP contribution in [0.1, 0.15) is 30.5 Å². The van der Waals surface area contributed by atoms with E-state index in [-0.39, 0.29) is 12.4 Å². The average molecular weight is 296 g/mol. The summed E-state index contributed by atoms with van der Waals surface area (Å²) in [6.45, 7) is 4.10. The van der Waals surface area contributed by atoms with E-state index in [1.54, 1.807) is 6.92 Å². The third kappa shape index (κ3) is 3.31. The molecule has 0 heterocycles. The highest BCUT2D eigenvalue weighted by Crippen LogP contribution is 2.25. The molecule has 0 aromatic heterocycles. The lowest BCUT2D eigenvalue weighted by molar-refractivity contribution is -0.142. The van der Waals surface area contributed by atoms with Crippen molar-refractivity contribution in [2.24, 2.45) is 0 Å². The topological polar surface area (TPSA) is 50.1 Å². The molecule has 0 aliphatic carbocycles. The number of esters is 1. The van der Waals surface area contributed by atoms with Crippen LogP contribution in [0.5, 0.6) is 0 Å². The molecule has 17 heavy (non-hydrogen) atoms. The number of carbonyl (C=O) groups is 1. The molecular formula is C13H14BrNO2. The first kappa shape index (κ1) is 13.7. The number of rotatable bonds is 4. The van der Waals surface area contributed by atoms with Crippen LogP contribution in [-0.2, 0) is 22.4 Å². The Morgan fingerprint density at radius 2 is 2.18 bits per heavy atom. The van der Waals surface area contributed by atoms with E-state index < -0.39 is 0 Å². The van der Waals surface area contributed by atoms with E-state index in [1.807, 2.05) is 19.1 Å². The van der Waals surface area contributed by atoms with Gasteiger partial charge in [0.05, 0.1) is 24.7 Å². The molecule has 0 unspecified atom stereocenters. The van der Waals surface area contributed by atoms with E-state index in [0.717, 1.165) is 16.5 Å². The van der Waals surface area contributed by atoms with Crippen molar-refractivity contribution in [2.75, 3.05) is 6.61 Å². The summed E-state index contributed by atoms with van der Waals surface area (Å²) in [6.07, 6.45) is 0.900. The van der Waals surface area contributed by atoms with Crippen LogP contribution in [0, 0.1) is 11.3 Å². The lowest BCUT2D eigenvalue weighted by Crippen LogP contribution is -2.10. The van der Waals surface area contributed by atoms with Gasteiger partial charge in [0.25, 0.3) is 0 Å². The fraction of sp³-hybridized carbons (Fsp3) is 0.385. The van der Waals surface area contributed by atoms with Crippen LogP contribution in [0.2, 0.25) is 0 Å². The highest BCUT2D eigenvalue weighted by atomic mass is 79.9. The van der Waals surface area contributed by atoms with Gasteiger partial charge in [0.2, 0.25) is 0 Å². The molecule has 0 saturated carbocycles. The second-order valence-electron chi connectivity index (χ2n) is 3.51. The Morgan fingerprint density at radius 3 is 2.71 bits per heavy atom. The second-order valence-corrected chi connectivity index (χ2v) is 4.36. The van der Waals surface area contributed by atoms with Crippen molar-refractivity contribution < 1.29 is 9.53 Å². The number of ether oxygens (including phenoxy) is 1. The molecule has 1 aromatic rings. The summed E-state index contributed by atoms with van der Waals surface area (Å²) < 4.78 is 5.68. The third-order valence-electron chi connectivity index (χ3n) is 2.46. The Kier molecular flexibility index (Phi) is 5.17. The number of nitrogens with zero attached hydrogens (tertiary/aromatic N) is 1. The Balaban J connectivity index is 3.13. The number of nitriles is 1. The predicted octanol–water partition coefficient (Wildman–Crippen LogP) is 2.99. The molecule has 0 bridgehead atoms. The van der Waals surface area contributed by atoms with Crippen molar-refractivity contribution in [2.45, 2.75) is 26.7 Å². The normalized spacial score (nSPS) is 9.76. The van der Waals surface area contributed by atoms with E-state index in [4.69, 9.17) is 4.74 Å².